The number of benzene rings is 1. The van der Waals surface area contributed by atoms with E-state index >= 15 is 0 Å². The maximum atomic E-state index is 11.8. The summed E-state index contributed by atoms with van der Waals surface area (Å²) >= 11 is 0. The fourth-order valence-electron chi connectivity index (χ4n) is 2.26. The summed E-state index contributed by atoms with van der Waals surface area (Å²) in [6.45, 7) is 2.56. The van der Waals surface area contributed by atoms with Crippen molar-refractivity contribution < 1.29 is 9.53 Å². The molecule has 0 spiro atoms. The van der Waals surface area contributed by atoms with Crippen molar-refractivity contribution in [1.82, 2.24) is 5.32 Å². The molecule has 1 aliphatic carbocycles. The summed E-state index contributed by atoms with van der Waals surface area (Å²) in [6.07, 6.45) is 1.63. The Morgan fingerprint density at radius 1 is 1.50 bits per heavy atom. The van der Waals surface area contributed by atoms with Crippen molar-refractivity contribution in [3.63, 3.8) is 0 Å². The second-order valence-corrected chi connectivity index (χ2v) is 4.95. The van der Waals surface area contributed by atoms with Gasteiger partial charge >= 0.3 is 0 Å². The van der Waals surface area contributed by atoms with Crippen molar-refractivity contribution in [3.8, 4) is 5.75 Å². The Morgan fingerprint density at radius 3 is 2.78 bits per heavy atom. The molecule has 0 aliphatic heterocycles. The highest BCUT2D eigenvalue weighted by Gasteiger charge is 2.31. The van der Waals surface area contributed by atoms with Crippen LogP contribution >= 0.6 is 0 Å². The maximum Gasteiger partial charge on any atom is 0.223 e. The number of carbonyl (C=O) groups excluding carboxylic acids is 1. The molecule has 1 saturated carbocycles. The van der Waals surface area contributed by atoms with Crippen LogP contribution in [0.3, 0.4) is 0 Å². The number of ether oxygens (including phenoxy) is 1. The van der Waals surface area contributed by atoms with Gasteiger partial charge in [0.05, 0.1) is 7.11 Å². The van der Waals surface area contributed by atoms with E-state index < -0.39 is 0 Å². The molecule has 0 unspecified atom stereocenters. The summed E-state index contributed by atoms with van der Waals surface area (Å²) in [5, 5.41) is 2.95. The molecule has 0 bridgehead atoms. The first kappa shape index (κ1) is 12.9. The fourth-order valence-corrected chi connectivity index (χ4v) is 2.26. The van der Waals surface area contributed by atoms with Crippen molar-refractivity contribution in [2.45, 2.75) is 32.4 Å². The third kappa shape index (κ3) is 2.82. The molecule has 1 amide bonds. The molecule has 0 heterocycles. The van der Waals surface area contributed by atoms with Crippen LogP contribution in [0.1, 0.15) is 24.0 Å². The molecule has 0 radical (unpaired) electrons. The van der Waals surface area contributed by atoms with Crippen LogP contribution in [-0.4, -0.2) is 19.1 Å². The lowest BCUT2D eigenvalue weighted by Crippen LogP contribution is -2.44. The van der Waals surface area contributed by atoms with E-state index in [1.165, 1.54) is 0 Å². The van der Waals surface area contributed by atoms with Gasteiger partial charge in [-0.1, -0.05) is 12.1 Å². The number of hydrogen-bond donors (Lipinski definition) is 2. The lowest BCUT2D eigenvalue weighted by Gasteiger charge is -2.31. The molecule has 0 atom stereocenters. The summed E-state index contributed by atoms with van der Waals surface area (Å²) in [4.78, 5) is 11.8. The number of rotatable bonds is 4. The zero-order valence-electron chi connectivity index (χ0n) is 10.9. The molecular formula is C14H20N2O2. The quantitative estimate of drug-likeness (QED) is 0.845. The number of nitrogens with two attached hydrogens (primary N) is 1. The minimum atomic E-state index is 0.111. The van der Waals surface area contributed by atoms with Crippen LogP contribution in [-0.2, 0) is 11.3 Å². The summed E-state index contributed by atoms with van der Waals surface area (Å²) in [5.41, 5.74) is 7.84. The van der Waals surface area contributed by atoms with Crippen molar-refractivity contribution in [2.75, 3.05) is 7.11 Å². The second-order valence-electron chi connectivity index (χ2n) is 4.95. The summed E-state index contributed by atoms with van der Waals surface area (Å²) < 4.78 is 5.20. The first-order chi connectivity index (χ1) is 8.60. The summed E-state index contributed by atoms with van der Waals surface area (Å²) in [6, 6.07) is 6.14. The van der Waals surface area contributed by atoms with Gasteiger partial charge in [0.15, 0.2) is 0 Å². The van der Waals surface area contributed by atoms with E-state index in [9.17, 15) is 4.79 Å². The topological polar surface area (TPSA) is 64.3 Å². The van der Waals surface area contributed by atoms with Gasteiger partial charge in [0.2, 0.25) is 5.91 Å². The van der Waals surface area contributed by atoms with Gasteiger partial charge in [-0.3, -0.25) is 4.79 Å². The van der Waals surface area contributed by atoms with Crippen LogP contribution in [0.15, 0.2) is 18.2 Å². The fraction of sp³-hybridized carbons (Fsp3) is 0.500. The third-order valence-electron chi connectivity index (χ3n) is 3.47. The average molecular weight is 248 g/mol. The van der Waals surface area contributed by atoms with Crippen LogP contribution in [0.5, 0.6) is 5.75 Å². The van der Waals surface area contributed by atoms with Crippen molar-refractivity contribution >= 4 is 5.91 Å². The Labute approximate surface area is 108 Å². The van der Waals surface area contributed by atoms with Crippen molar-refractivity contribution in [3.05, 3.63) is 29.3 Å². The van der Waals surface area contributed by atoms with Gasteiger partial charge in [-0.2, -0.15) is 0 Å². The molecule has 4 heteroatoms. The molecule has 1 aromatic carbocycles. The van der Waals surface area contributed by atoms with Crippen molar-refractivity contribution in [2.24, 2.45) is 11.7 Å². The number of nitrogens with one attached hydrogen (secondary N) is 1. The standard InChI is InChI=1S/C14H20N2O2/c1-9-5-10(3-4-13(9)18-2)8-16-14(17)11-6-12(15)7-11/h3-5,11-12H,6-8,15H2,1-2H3,(H,16,17). The first-order valence-corrected chi connectivity index (χ1v) is 6.27. The van der Waals surface area contributed by atoms with E-state index in [-0.39, 0.29) is 17.9 Å². The van der Waals surface area contributed by atoms with Crippen LogP contribution in [0, 0.1) is 12.8 Å². The smallest absolute Gasteiger partial charge is 0.223 e. The number of amides is 1. The van der Waals surface area contributed by atoms with Gasteiger partial charge in [-0.25, -0.2) is 0 Å². The zero-order chi connectivity index (χ0) is 13.1. The second kappa shape index (κ2) is 5.40. The Kier molecular flexibility index (Phi) is 3.87. The molecule has 1 aliphatic rings. The Morgan fingerprint density at radius 2 is 2.22 bits per heavy atom. The summed E-state index contributed by atoms with van der Waals surface area (Å²) in [7, 11) is 1.66. The van der Waals surface area contributed by atoms with Gasteiger partial charge in [-0.05, 0) is 37.0 Å². The lowest BCUT2D eigenvalue weighted by atomic mass is 9.80. The Hall–Kier alpha value is -1.55. The molecular weight excluding hydrogens is 228 g/mol. The van der Waals surface area contributed by atoms with Gasteiger partial charge in [0.25, 0.3) is 0 Å². The predicted molar refractivity (Wildman–Crippen MR) is 70.3 cm³/mol. The molecule has 4 nitrogen and oxygen atoms in total. The van der Waals surface area contributed by atoms with Gasteiger partial charge < -0.3 is 15.8 Å². The van der Waals surface area contributed by atoms with Crippen molar-refractivity contribution in [1.29, 1.82) is 0 Å². The van der Waals surface area contributed by atoms with E-state index in [1.54, 1.807) is 7.11 Å². The lowest BCUT2D eigenvalue weighted by molar-refractivity contribution is -0.128. The van der Waals surface area contributed by atoms with E-state index in [1.807, 2.05) is 25.1 Å². The number of hydrogen-bond acceptors (Lipinski definition) is 3. The molecule has 3 N–H and O–H groups in total. The van der Waals surface area contributed by atoms with Gasteiger partial charge in [0.1, 0.15) is 5.75 Å². The normalized spacial score (nSPS) is 22.2. The largest absolute Gasteiger partial charge is 0.496 e. The Balaban J connectivity index is 1.86. The molecule has 0 saturated heterocycles. The number of carbonyl (C=O) groups is 1. The SMILES string of the molecule is COc1ccc(CNC(=O)C2CC(N)C2)cc1C. The highest BCUT2D eigenvalue weighted by Crippen LogP contribution is 2.25. The molecule has 2 rings (SSSR count). The van der Waals surface area contributed by atoms with E-state index in [0.717, 1.165) is 29.7 Å². The summed E-state index contributed by atoms with van der Waals surface area (Å²) in [5.74, 6) is 1.10. The maximum absolute atomic E-state index is 11.8. The molecule has 18 heavy (non-hydrogen) atoms. The van der Waals surface area contributed by atoms with E-state index in [4.69, 9.17) is 10.5 Å². The molecule has 1 fully saturated rings. The Bertz CT molecular complexity index is 439. The highest BCUT2D eigenvalue weighted by atomic mass is 16.5. The van der Waals surface area contributed by atoms with Gasteiger partial charge in [-0.15, -0.1) is 0 Å². The van der Waals surface area contributed by atoms with E-state index in [2.05, 4.69) is 5.32 Å². The monoisotopic (exact) mass is 248 g/mol. The van der Waals surface area contributed by atoms with Crippen LogP contribution in [0.2, 0.25) is 0 Å². The van der Waals surface area contributed by atoms with Crippen LogP contribution in [0.25, 0.3) is 0 Å². The highest BCUT2D eigenvalue weighted by molar-refractivity contribution is 5.79. The average Bonchev–Trinajstić information content (AvgIpc) is 2.32. The van der Waals surface area contributed by atoms with Gasteiger partial charge in [0, 0.05) is 18.5 Å². The minimum absolute atomic E-state index is 0.111. The molecule has 1 aromatic rings. The first-order valence-electron chi connectivity index (χ1n) is 6.27. The van der Waals surface area contributed by atoms with Crippen LogP contribution in [0.4, 0.5) is 0 Å². The molecule has 0 aromatic heterocycles. The number of methoxy groups -OCH3 is 1. The van der Waals surface area contributed by atoms with E-state index in [0.29, 0.717) is 6.54 Å². The zero-order valence-corrected chi connectivity index (χ0v) is 10.9. The predicted octanol–water partition coefficient (Wildman–Crippen LogP) is 1.36. The number of aryl methyl sites for hydroxylation is 1. The van der Waals surface area contributed by atoms with Crippen LogP contribution < -0.4 is 15.8 Å². The minimum Gasteiger partial charge on any atom is -0.496 e. The third-order valence-corrected chi connectivity index (χ3v) is 3.47. The molecule has 98 valence electrons.